The molecule has 228 valence electrons. The fraction of sp³-hybridized carbons (Fsp3) is 0.417. The lowest BCUT2D eigenvalue weighted by Gasteiger charge is -2.34. The van der Waals surface area contributed by atoms with Gasteiger partial charge in [-0.1, -0.05) is 55.5 Å². The van der Waals surface area contributed by atoms with Crippen molar-refractivity contribution in [3.8, 4) is 5.75 Å². The predicted octanol–water partition coefficient (Wildman–Crippen LogP) is 5.67. The summed E-state index contributed by atoms with van der Waals surface area (Å²) in [4.78, 5) is 18.1. The Morgan fingerprint density at radius 3 is 2.47 bits per heavy atom. The summed E-state index contributed by atoms with van der Waals surface area (Å²) >= 11 is 0. The highest BCUT2D eigenvalue weighted by atomic mass is 16.5. The molecule has 0 bridgehead atoms. The normalized spacial score (nSPS) is 16.4. The number of benzene rings is 2. The number of hydrogen-bond acceptors (Lipinski definition) is 5. The topological polar surface area (TPSA) is 70.0 Å². The molecule has 1 aliphatic heterocycles. The summed E-state index contributed by atoms with van der Waals surface area (Å²) in [7, 11) is 0. The van der Waals surface area contributed by atoms with Gasteiger partial charge in [0.15, 0.2) is 0 Å². The number of nitrogens with one attached hydrogen (secondary N) is 1. The molecular formula is C36H46N4O3. The van der Waals surface area contributed by atoms with E-state index in [9.17, 15) is 9.90 Å². The summed E-state index contributed by atoms with van der Waals surface area (Å²) in [6, 6.07) is 16.5. The van der Waals surface area contributed by atoms with Crippen LogP contribution in [-0.4, -0.2) is 77.8 Å². The summed E-state index contributed by atoms with van der Waals surface area (Å²) in [6.07, 6.45) is 10.9. The van der Waals surface area contributed by atoms with Gasteiger partial charge < -0.3 is 24.6 Å². The number of aryl methyl sites for hydroxylation is 2. The van der Waals surface area contributed by atoms with Gasteiger partial charge in [0.2, 0.25) is 5.91 Å². The lowest BCUT2D eigenvalue weighted by atomic mass is 10.1. The molecule has 2 N–H and O–H groups in total. The molecule has 1 aliphatic carbocycles. The average molecular weight is 583 g/mol. The molecule has 43 heavy (non-hydrogen) atoms. The second kappa shape index (κ2) is 15.1. The van der Waals surface area contributed by atoms with Gasteiger partial charge >= 0.3 is 0 Å². The Bertz CT molecular complexity index is 1460. The minimum absolute atomic E-state index is 0.0204. The lowest BCUT2D eigenvalue weighted by Crippen LogP contribution is -2.47. The first-order valence-corrected chi connectivity index (χ1v) is 15.7. The van der Waals surface area contributed by atoms with Gasteiger partial charge in [0.05, 0.1) is 11.9 Å². The zero-order valence-electron chi connectivity index (χ0n) is 25.7. The van der Waals surface area contributed by atoms with E-state index in [2.05, 4.69) is 51.0 Å². The number of aliphatic hydroxyl groups excluding tert-OH is 1. The van der Waals surface area contributed by atoms with E-state index in [0.29, 0.717) is 13.0 Å². The third-order valence-electron chi connectivity index (χ3n) is 8.62. The molecule has 3 aromatic rings. The first-order chi connectivity index (χ1) is 21.0. The number of carbonyl (C=O) groups excluding carboxylic acids is 1. The van der Waals surface area contributed by atoms with Crippen LogP contribution in [0.15, 0.2) is 89.9 Å². The van der Waals surface area contributed by atoms with Crippen molar-refractivity contribution in [2.75, 3.05) is 52.4 Å². The van der Waals surface area contributed by atoms with Crippen LogP contribution in [0.1, 0.15) is 37.8 Å². The number of amides is 1. The smallest absolute Gasteiger partial charge is 0.224 e. The lowest BCUT2D eigenvalue weighted by molar-refractivity contribution is -0.120. The highest BCUT2D eigenvalue weighted by Crippen LogP contribution is 2.26. The summed E-state index contributed by atoms with van der Waals surface area (Å²) < 4.78 is 8.26. The average Bonchev–Trinajstić information content (AvgIpc) is 3.29. The van der Waals surface area contributed by atoms with Crippen molar-refractivity contribution in [3.05, 3.63) is 101 Å². The minimum atomic E-state index is 0.0204. The van der Waals surface area contributed by atoms with Crippen molar-refractivity contribution >= 4 is 16.8 Å². The van der Waals surface area contributed by atoms with Crippen LogP contribution in [0.2, 0.25) is 0 Å². The van der Waals surface area contributed by atoms with Crippen molar-refractivity contribution in [2.24, 2.45) is 0 Å². The minimum Gasteiger partial charge on any atom is -0.508 e. The largest absolute Gasteiger partial charge is 0.508 e. The number of hydrogen-bond donors (Lipinski definition) is 2. The van der Waals surface area contributed by atoms with Crippen LogP contribution in [0, 0.1) is 0 Å². The Kier molecular flexibility index (Phi) is 10.7. The van der Waals surface area contributed by atoms with Crippen LogP contribution >= 0.6 is 0 Å². The number of fused-ring (bicyclic) bond motifs is 1. The number of carbonyl (C=O) groups is 1. The second-order valence-electron chi connectivity index (χ2n) is 11.6. The van der Waals surface area contributed by atoms with E-state index in [1.54, 1.807) is 6.08 Å². The van der Waals surface area contributed by atoms with Crippen molar-refractivity contribution in [3.63, 3.8) is 0 Å². The van der Waals surface area contributed by atoms with Gasteiger partial charge in [0, 0.05) is 57.4 Å². The number of rotatable bonds is 13. The van der Waals surface area contributed by atoms with Gasteiger partial charge in [-0.15, -0.1) is 0 Å². The number of aliphatic hydroxyl groups is 1. The molecule has 2 aromatic carbocycles. The molecule has 7 nitrogen and oxygen atoms in total. The quantitative estimate of drug-likeness (QED) is 0.272. The second-order valence-corrected chi connectivity index (χ2v) is 11.6. The molecule has 0 spiro atoms. The number of aromatic nitrogens is 1. The first-order valence-electron chi connectivity index (χ1n) is 15.7. The van der Waals surface area contributed by atoms with Crippen molar-refractivity contribution < 1.29 is 14.6 Å². The highest BCUT2D eigenvalue weighted by molar-refractivity contribution is 5.91. The number of nitrogens with zero attached hydrogens (tertiary/aromatic N) is 3. The van der Waals surface area contributed by atoms with E-state index < -0.39 is 0 Å². The molecule has 1 aromatic heterocycles. The van der Waals surface area contributed by atoms with Crippen molar-refractivity contribution in [1.82, 2.24) is 19.7 Å². The van der Waals surface area contributed by atoms with Crippen LogP contribution < -0.4 is 10.1 Å². The molecule has 7 heteroatoms. The predicted molar refractivity (Wildman–Crippen MR) is 175 cm³/mol. The fourth-order valence-electron chi connectivity index (χ4n) is 5.99. The van der Waals surface area contributed by atoms with Gasteiger partial charge in [-0.05, 0) is 73.2 Å². The van der Waals surface area contributed by atoms with Crippen molar-refractivity contribution in [2.45, 2.75) is 46.1 Å². The maximum Gasteiger partial charge on any atom is 0.224 e. The van der Waals surface area contributed by atoms with E-state index in [-0.39, 0.29) is 11.7 Å². The van der Waals surface area contributed by atoms with Gasteiger partial charge in [0.25, 0.3) is 0 Å². The van der Waals surface area contributed by atoms with Gasteiger partial charge in [0.1, 0.15) is 18.1 Å². The summed E-state index contributed by atoms with van der Waals surface area (Å²) in [5.41, 5.74) is 5.62. The Balaban J connectivity index is 1.11. The van der Waals surface area contributed by atoms with Crippen LogP contribution in [0.5, 0.6) is 5.75 Å². The summed E-state index contributed by atoms with van der Waals surface area (Å²) in [6.45, 7) is 12.6. The maximum absolute atomic E-state index is 13.0. The van der Waals surface area contributed by atoms with E-state index >= 15 is 0 Å². The standard InChI is InChI=1S/C36H46N4O3/c1-3-30-9-7-12-33-31(25-35(42)37-26-29-14-13-28(2)34(41)16-15-29)27-40(36(30)33)18-8-17-38-19-21-39(22-20-38)23-24-43-32-10-5-4-6-11-32/h4-7,9-13,15-16,27,41H,3,8,14,17-26H2,1-2H3,(H,37,42). The van der Waals surface area contributed by atoms with E-state index in [4.69, 9.17) is 4.74 Å². The van der Waals surface area contributed by atoms with E-state index in [1.165, 1.54) is 16.5 Å². The van der Waals surface area contributed by atoms with Crippen LogP contribution in [0.3, 0.4) is 0 Å². The van der Waals surface area contributed by atoms with Crippen LogP contribution in [0.4, 0.5) is 0 Å². The summed E-state index contributed by atoms with van der Waals surface area (Å²) in [5, 5.41) is 14.2. The van der Waals surface area contributed by atoms with Crippen molar-refractivity contribution in [1.29, 1.82) is 0 Å². The molecule has 0 atom stereocenters. The highest BCUT2D eigenvalue weighted by Gasteiger charge is 2.18. The third kappa shape index (κ3) is 8.39. The third-order valence-corrected chi connectivity index (χ3v) is 8.62. The Labute approximate surface area is 256 Å². The van der Waals surface area contributed by atoms with Crippen LogP contribution in [-0.2, 0) is 24.2 Å². The molecule has 0 saturated carbocycles. The number of allylic oxidation sites excluding steroid dienone is 4. The molecule has 1 amide bonds. The molecule has 2 aliphatic rings. The first kappa shape index (κ1) is 30.6. The van der Waals surface area contributed by atoms with Crippen LogP contribution in [0.25, 0.3) is 10.9 Å². The van der Waals surface area contributed by atoms with E-state index in [0.717, 1.165) is 94.1 Å². The molecule has 5 rings (SSSR count). The molecule has 0 unspecified atom stereocenters. The van der Waals surface area contributed by atoms with Gasteiger partial charge in [-0.2, -0.15) is 0 Å². The maximum atomic E-state index is 13.0. The Morgan fingerprint density at radius 1 is 0.930 bits per heavy atom. The SMILES string of the molecule is CCc1cccc2c(CC(=O)NCC3=CC=C(O)C(C)=CC3)cn(CCCN3CCN(CCOc4ccccc4)CC3)c12. The van der Waals surface area contributed by atoms with Gasteiger partial charge in [-0.3, -0.25) is 9.69 Å². The molecule has 0 radical (unpaired) electrons. The summed E-state index contributed by atoms with van der Waals surface area (Å²) in [5.74, 6) is 1.24. The zero-order valence-corrected chi connectivity index (χ0v) is 25.7. The number of piperazine rings is 1. The Morgan fingerprint density at radius 2 is 1.70 bits per heavy atom. The number of ether oxygens (including phenoxy) is 1. The zero-order chi connectivity index (χ0) is 30.0. The van der Waals surface area contributed by atoms with Gasteiger partial charge in [-0.25, -0.2) is 0 Å². The molecular weight excluding hydrogens is 536 g/mol. The number of para-hydroxylation sites is 2. The molecule has 1 fully saturated rings. The Hall–Kier alpha value is -3.81. The monoisotopic (exact) mass is 582 g/mol. The molecule has 2 heterocycles. The fourth-order valence-corrected chi connectivity index (χ4v) is 5.99. The van der Waals surface area contributed by atoms with E-state index in [1.807, 2.05) is 49.4 Å². The molecule has 1 saturated heterocycles.